The normalized spacial score (nSPS) is 22.8. The third-order valence-corrected chi connectivity index (χ3v) is 4.33. The van der Waals surface area contributed by atoms with Gasteiger partial charge in [0.1, 0.15) is 0 Å². The number of amides is 3. The summed E-state index contributed by atoms with van der Waals surface area (Å²) in [5.41, 5.74) is 0.603. The fourth-order valence-corrected chi connectivity index (χ4v) is 3.21. The molecule has 1 N–H and O–H groups in total. The molecule has 0 radical (unpaired) electrons. The Hall–Kier alpha value is -1.59. The first kappa shape index (κ1) is 14.4. The van der Waals surface area contributed by atoms with Gasteiger partial charge in [0.15, 0.2) is 0 Å². The average Bonchev–Trinajstić information content (AvgIpc) is 2.48. The quantitative estimate of drug-likeness (QED) is 0.867. The molecule has 112 valence electrons. The molecule has 1 aromatic rings. The predicted octanol–water partition coefficient (Wildman–Crippen LogP) is 2.57. The zero-order valence-electron chi connectivity index (χ0n) is 11.7. The van der Waals surface area contributed by atoms with Gasteiger partial charge < -0.3 is 5.32 Å². The average molecular weight is 308 g/mol. The van der Waals surface area contributed by atoms with Gasteiger partial charge in [0.2, 0.25) is 5.91 Å². The van der Waals surface area contributed by atoms with Crippen LogP contribution in [-0.4, -0.2) is 47.4 Å². The molecule has 1 unspecified atom stereocenters. The van der Waals surface area contributed by atoms with Gasteiger partial charge in [-0.05, 0) is 37.6 Å². The number of hydrogen-bond acceptors (Lipinski definition) is 3. The van der Waals surface area contributed by atoms with E-state index in [0.29, 0.717) is 17.3 Å². The molecule has 0 aliphatic carbocycles. The smallest absolute Gasteiger partial charge is 0.307 e. The molecule has 6 heteroatoms. The summed E-state index contributed by atoms with van der Waals surface area (Å²) >= 11 is 5.90. The van der Waals surface area contributed by atoms with E-state index in [4.69, 9.17) is 11.6 Å². The number of rotatable bonds is 1. The second kappa shape index (κ2) is 6.03. The van der Waals surface area contributed by atoms with Gasteiger partial charge in [-0.1, -0.05) is 24.1 Å². The second-order valence-electron chi connectivity index (χ2n) is 5.48. The maximum absolute atomic E-state index is 12.5. The minimum atomic E-state index is -0.368. The molecule has 5 nitrogen and oxygen atoms in total. The fourth-order valence-electron chi connectivity index (χ4n) is 3.02. The molecule has 0 saturated carbocycles. The number of urea groups is 1. The SMILES string of the molecule is O=C(Nc1cccc(Cl)c1)N1CCN2CCCCC2C1=O. The Morgan fingerprint density at radius 1 is 1.24 bits per heavy atom. The fraction of sp³-hybridized carbons (Fsp3) is 0.467. The van der Waals surface area contributed by atoms with Crippen LogP contribution in [0.4, 0.5) is 10.5 Å². The Bertz CT molecular complexity index is 564. The van der Waals surface area contributed by atoms with Crippen molar-refractivity contribution in [2.75, 3.05) is 25.0 Å². The van der Waals surface area contributed by atoms with Crippen molar-refractivity contribution < 1.29 is 9.59 Å². The van der Waals surface area contributed by atoms with Crippen LogP contribution in [0.3, 0.4) is 0 Å². The van der Waals surface area contributed by atoms with Crippen LogP contribution in [0.5, 0.6) is 0 Å². The van der Waals surface area contributed by atoms with E-state index in [9.17, 15) is 9.59 Å². The number of carbonyl (C=O) groups is 2. The largest absolute Gasteiger partial charge is 0.328 e. The molecule has 2 fully saturated rings. The van der Waals surface area contributed by atoms with Gasteiger partial charge in [0, 0.05) is 23.8 Å². The summed E-state index contributed by atoms with van der Waals surface area (Å²) in [4.78, 5) is 28.3. The van der Waals surface area contributed by atoms with Crippen molar-refractivity contribution in [2.45, 2.75) is 25.3 Å². The van der Waals surface area contributed by atoms with Crippen LogP contribution in [0.1, 0.15) is 19.3 Å². The molecule has 2 saturated heterocycles. The summed E-state index contributed by atoms with van der Waals surface area (Å²) in [5.74, 6) is -0.0829. The molecular formula is C15H18ClN3O2. The van der Waals surface area contributed by atoms with Gasteiger partial charge >= 0.3 is 6.03 Å². The molecule has 2 aliphatic rings. The van der Waals surface area contributed by atoms with E-state index in [0.717, 1.165) is 32.4 Å². The van der Waals surface area contributed by atoms with Crippen molar-refractivity contribution in [1.82, 2.24) is 9.80 Å². The van der Waals surface area contributed by atoms with Crippen LogP contribution in [0.25, 0.3) is 0 Å². The van der Waals surface area contributed by atoms with E-state index < -0.39 is 0 Å². The molecule has 2 aliphatic heterocycles. The molecule has 0 bridgehead atoms. The van der Waals surface area contributed by atoms with Crippen LogP contribution in [0.15, 0.2) is 24.3 Å². The van der Waals surface area contributed by atoms with E-state index in [2.05, 4.69) is 10.2 Å². The van der Waals surface area contributed by atoms with E-state index in [1.54, 1.807) is 24.3 Å². The van der Waals surface area contributed by atoms with Gasteiger partial charge in [-0.25, -0.2) is 4.79 Å². The third kappa shape index (κ3) is 3.04. The summed E-state index contributed by atoms with van der Waals surface area (Å²) in [6.45, 7) is 2.17. The van der Waals surface area contributed by atoms with Crippen molar-refractivity contribution in [3.63, 3.8) is 0 Å². The van der Waals surface area contributed by atoms with Crippen LogP contribution in [-0.2, 0) is 4.79 Å². The van der Waals surface area contributed by atoms with E-state index >= 15 is 0 Å². The first-order valence-corrected chi connectivity index (χ1v) is 7.65. The first-order chi connectivity index (χ1) is 10.1. The molecular weight excluding hydrogens is 290 g/mol. The number of nitrogens with one attached hydrogen (secondary N) is 1. The number of anilines is 1. The highest BCUT2D eigenvalue weighted by Gasteiger charge is 2.38. The summed E-state index contributed by atoms with van der Waals surface area (Å²) in [6, 6.07) is 6.43. The lowest BCUT2D eigenvalue weighted by molar-refractivity contribution is -0.139. The van der Waals surface area contributed by atoms with Gasteiger partial charge in [-0.15, -0.1) is 0 Å². The highest BCUT2D eigenvalue weighted by molar-refractivity contribution is 6.30. The number of piperidine rings is 1. The molecule has 1 atom stereocenters. The van der Waals surface area contributed by atoms with Crippen LogP contribution in [0.2, 0.25) is 5.02 Å². The highest BCUT2D eigenvalue weighted by Crippen LogP contribution is 2.23. The Morgan fingerprint density at radius 2 is 2.10 bits per heavy atom. The first-order valence-electron chi connectivity index (χ1n) is 7.27. The number of benzene rings is 1. The van der Waals surface area contributed by atoms with Crippen molar-refractivity contribution >= 4 is 29.2 Å². The Morgan fingerprint density at radius 3 is 2.90 bits per heavy atom. The minimum Gasteiger partial charge on any atom is -0.307 e. The molecule has 21 heavy (non-hydrogen) atoms. The molecule has 0 aromatic heterocycles. The number of hydrogen-bond donors (Lipinski definition) is 1. The summed E-state index contributed by atoms with van der Waals surface area (Å²) < 4.78 is 0. The lowest BCUT2D eigenvalue weighted by atomic mass is 9.99. The number of piperazine rings is 1. The summed E-state index contributed by atoms with van der Waals surface area (Å²) in [7, 11) is 0. The van der Waals surface area contributed by atoms with Crippen LogP contribution in [0, 0.1) is 0 Å². The maximum Gasteiger partial charge on any atom is 0.328 e. The van der Waals surface area contributed by atoms with Gasteiger partial charge in [0.05, 0.1) is 6.04 Å². The van der Waals surface area contributed by atoms with Gasteiger partial charge in [-0.2, -0.15) is 0 Å². The van der Waals surface area contributed by atoms with Crippen LogP contribution < -0.4 is 5.32 Å². The van der Waals surface area contributed by atoms with Gasteiger partial charge in [0.25, 0.3) is 0 Å². The minimum absolute atomic E-state index is 0.0829. The number of imide groups is 1. The summed E-state index contributed by atoms with van der Waals surface area (Å²) in [6.07, 6.45) is 3.04. The number of nitrogens with zero attached hydrogens (tertiary/aromatic N) is 2. The third-order valence-electron chi connectivity index (χ3n) is 4.10. The summed E-state index contributed by atoms with van der Waals surface area (Å²) in [5, 5.41) is 3.29. The van der Waals surface area contributed by atoms with E-state index in [1.807, 2.05) is 0 Å². The van der Waals surface area contributed by atoms with E-state index in [1.165, 1.54) is 4.90 Å². The standard InChI is InChI=1S/C15H18ClN3O2/c16-11-4-3-5-12(10-11)17-15(21)19-9-8-18-7-2-1-6-13(18)14(19)20/h3-5,10,13H,1-2,6-9H2,(H,17,21). The Kier molecular flexibility index (Phi) is 4.12. The van der Waals surface area contributed by atoms with Crippen molar-refractivity contribution in [2.24, 2.45) is 0 Å². The van der Waals surface area contributed by atoms with Crippen molar-refractivity contribution in [3.05, 3.63) is 29.3 Å². The monoisotopic (exact) mass is 307 g/mol. The van der Waals surface area contributed by atoms with Crippen molar-refractivity contribution in [3.8, 4) is 0 Å². The lowest BCUT2D eigenvalue weighted by Crippen LogP contribution is -2.60. The van der Waals surface area contributed by atoms with E-state index in [-0.39, 0.29) is 18.0 Å². The topological polar surface area (TPSA) is 52.7 Å². The molecule has 1 aromatic carbocycles. The zero-order chi connectivity index (χ0) is 14.8. The highest BCUT2D eigenvalue weighted by atomic mass is 35.5. The van der Waals surface area contributed by atoms with Crippen LogP contribution >= 0.6 is 11.6 Å². The number of halogens is 1. The number of fused-ring (bicyclic) bond motifs is 1. The predicted molar refractivity (Wildman–Crippen MR) is 81.4 cm³/mol. The molecule has 0 spiro atoms. The van der Waals surface area contributed by atoms with Gasteiger partial charge in [-0.3, -0.25) is 14.6 Å². The Balaban J connectivity index is 1.68. The zero-order valence-corrected chi connectivity index (χ0v) is 12.5. The molecule has 2 heterocycles. The molecule has 3 amide bonds. The number of carbonyl (C=O) groups excluding carboxylic acids is 2. The second-order valence-corrected chi connectivity index (χ2v) is 5.91. The molecule has 3 rings (SSSR count). The van der Waals surface area contributed by atoms with Crippen molar-refractivity contribution in [1.29, 1.82) is 0 Å². The lowest BCUT2D eigenvalue weighted by Gasteiger charge is -2.42. The Labute approximate surface area is 128 Å². The maximum atomic E-state index is 12.5.